The third-order valence-electron chi connectivity index (χ3n) is 4.41. The van der Waals surface area contributed by atoms with E-state index < -0.39 is 0 Å². The Bertz CT molecular complexity index is 483. The van der Waals surface area contributed by atoms with Gasteiger partial charge in [0, 0.05) is 17.0 Å². The van der Waals surface area contributed by atoms with Crippen LogP contribution in [0.25, 0.3) is 0 Å². The van der Waals surface area contributed by atoms with Gasteiger partial charge in [0.25, 0.3) is 5.91 Å². The molecule has 2 atom stereocenters. The summed E-state index contributed by atoms with van der Waals surface area (Å²) in [5.41, 5.74) is 1.04. The summed E-state index contributed by atoms with van der Waals surface area (Å²) >= 11 is 1.64. The first-order chi connectivity index (χ1) is 9.47. The molecule has 1 heterocycles. The van der Waals surface area contributed by atoms with Crippen LogP contribution in [-0.2, 0) is 12.8 Å². The molecular weight excluding hydrogens is 270 g/mol. The number of rotatable bonds is 5. The summed E-state index contributed by atoms with van der Waals surface area (Å²) in [5.74, 6) is 0.734. The number of hydrogen-bond donors (Lipinski definition) is 2. The molecule has 0 spiro atoms. The van der Waals surface area contributed by atoms with Gasteiger partial charge in [-0.25, -0.2) is 0 Å². The minimum absolute atomic E-state index is 0.00912. The highest BCUT2D eigenvalue weighted by atomic mass is 32.1. The van der Waals surface area contributed by atoms with E-state index in [0.717, 1.165) is 30.1 Å². The number of carbonyl (C=O) groups is 1. The van der Waals surface area contributed by atoms with Crippen LogP contribution in [0.5, 0.6) is 0 Å². The molecule has 4 heteroatoms. The van der Waals surface area contributed by atoms with Gasteiger partial charge in [0.1, 0.15) is 0 Å². The Labute approximate surface area is 125 Å². The van der Waals surface area contributed by atoms with Crippen LogP contribution in [0.15, 0.2) is 6.07 Å². The summed E-state index contributed by atoms with van der Waals surface area (Å²) < 4.78 is 0. The number of carbonyl (C=O) groups excluding carboxylic acids is 1. The van der Waals surface area contributed by atoms with Gasteiger partial charge in [0.05, 0.1) is 4.88 Å². The van der Waals surface area contributed by atoms with Crippen molar-refractivity contribution in [3.05, 3.63) is 21.4 Å². The van der Waals surface area contributed by atoms with Crippen LogP contribution < -0.4 is 5.32 Å². The van der Waals surface area contributed by atoms with Crippen molar-refractivity contribution in [3.8, 4) is 0 Å². The van der Waals surface area contributed by atoms with E-state index in [2.05, 4.69) is 18.3 Å². The first-order valence-corrected chi connectivity index (χ1v) is 8.34. The smallest absolute Gasteiger partial charge is 0.261 e. The van der Waals surface area contributed by atoms with E-state index >= 15 is 0 Å². The van der Waals surface area contributed by atoms with Crippen molar-refractivity contribution in [3.63, 3.8) is 0 Å². The van der Waals surface area contributed by atoms with E-state index in [-0.39, 0.29) is 18.1 Å². The lowest BCUT2D eigenvalue weighted by Gasteiger charge is -2.28. The average Bonchev–Trinajstić information content (AvgIpc) is 2.82. The molecule has 0 aromatic carbocycles. The lowest BCUT2D eigenvalue weighted by molar-refractivity contribution is 0.0890. The van der Waals surface area contributed by atoms with Gasteiger partial charge in [0.15, 0.2) is 0 Å². The number of hydrogen-bond acceptors (Lipinski definition) is 3. The van der Waals surface area contributed by atoms with Gasteiger partial charge >= 0.3 is 0 Å². The quantitative estimate of drug-likeness (QED) is 0.876. The molecule has 0 aliphatic heterocycles. The molecule has 0 radical (unpaired) electrons. The van der Waals surface area contributed by atoms with Crippen molar-refractivity contribution in [2.45, 2.75) is 58.4 Å². The molecule has 1 aliphatic rings. The second kappa shape index (κ2) is 6.27. The largest absolute Gasteiger partial charge is 0.396 e. The summed E-state index contributed by atoms with van der Waals surface area (Å²) in [6.45, 7) is 6.41. The maximum Gasteiger partial charge on any atom is 0.261 e. The van der Waals surface area contributed by atoms with E-state index in [0.29, 0.717) is 6.42 Å². The van der Waals surface area contributed by atoms with Gasteiger partial charge in [-0.3, -0.25) is 4.79 Å². The molecule has 0 saturated heterocycles. The highest BCUT2D eigenvalue weighted by Crippen LogP contribution is 2.32. The SMILES string of the molecule is CCC(C)(CCO)NC(=O)c1cc2c(s1)CCC(C)C2. The fourth-order valence-corrected chi connectivity index (χ4v) is 3.83. The standard InChI is InChI=1S/C16H25NO2S/c1-4-16(3,7-8-18)17-15(19)14-10-12-9-11(2)5-6-13(12)20-14/h10-11,18H,4-9H2,1-3H3,(H,17,19). The predicted octanol–water partition coefficient (Wildman–Crippen LogP) is 3.15. The Hall–Kier alpha value is -0.870. The number of thiophene rings is 1. The number of aliphatic hydroxyl groups is 1. The Morgan fingerprint density at radius 3 is 3.00 bits per heavy atom. The van der Waals surface area contributed by atoms with E-state index in [4.69, 9.17) is 5.11 Å². The third kappa shape index (κ3) is 3.41. The molecule has 112 valence electrons. The molecule has 2 N–H and O–H groups in total. The number of aliphatic hydroxyl groups excluding tert-OH is 1. The summed E-state index contributed by atoms with van der Waals surface area (Å²) in [6, 6.07) is 2.07. The van der Waals surface area contributed by atoms with Crippen molar-refractivity contribution in [1.82, 2.24) is 5.32 Å². The van der Waals surface area contributed by atoms with Crippen molar-refractivity contribution >= 4 is 17.2 Å². The van der Waals surface area contributed by atoms with Crippen molar-refractivity contribution < 1.29 is 9.90 Å². The van der Waals surface area contributed by atoms with Crippen molar-refractivity contribution in [2.24, 2.45) is 5.92 Å². The van der Waals surface area contributed by atoms with Crippen LogP contribution in [0, 0.1) is 5.92 Å². The lowest BCUT2D eigenvalue weighted by atomic mass is 9.90. The lowest BCUT2D eigenvalue weighted by Crippen LogP contribution is -2.45. The highest BCUT2D eigenvalue weighted by molar-refractivity contribution is 7.14. The maximum absolute atomic E-state index is 12.4. The number of nitrogens with one attached hydrogen (secondary N) is 1. The van der Waals surface area contributed by atoms with Gasteiger partial charge < -0.3 is 10.4 Å². The molecule has 2 rings (SSSR count). The summed E-state index contributed by atoms with van der Waals surface area (Å²) in [6.07, 6.45) is 4.85. The van der Waals surface area contributed by atoms with Crippen LogP contribution in [0.4, 0.5) is 0 Å². The minimum atomic E-state index is -0.316. The maximum atomic E-state index is 12.4. The monoisotopic (exact) mass is 295 g/mol. The third-order valence-corrected chi connectivity index (χ3v) is 5.65. The zero-order valence-corrected chi connectivity index (χ0v) is 13.5. The normalized spacial score (nSPS) is 21.1. The summed E-state index contributed by atoms with van der Waals surface area (Å²) in [5, 5.41) is 12.2. The number of aryl methyl sites for hydroxylation is 1. The van der Waals surface area contributed by atoms with Crippen molar-refractivity contribution in [1.29, 1.82) is 0 Å². The molecule has 0 saturated carbocycles. The Kier molecular flexibility index (Phi) is 4.86. The number of fused-ring (bicyclic) bond motifs is 1. The van der Waals surface area contributed by atoms with E-state index in [1.165, 1.54) is 16.9 Å². The molecule has 0 bridgehead atoms. The first-order valence-electron chi connectivity index (χ1n) is 7.52. The Balaban J connectivity index is 2.10. The summed E-state index contributed by atoms with van der Waals surface area (Å²) in [4.78, 5) is 14.6. The average molecular weight is 295 g/mol. The molecule has 3 nitrogen and oxygen atoms in total. The van der Waals surface area contributed by atoms with Gasteiger partial charge in [-0.1, -0.05) is 13.8 Å². The fraction of sp³-hybridized carbons (Fsp3) is 0.688. The topological polar surface area (TPSA) is 49.3 Å². The molecule has 0 fully saturated rings. The zero-order chi connectivity index (χ0) is 14.8. The van der Waals surface area contributed by atoms with Crippen LogP contribution >= 0.6 is 11.3 Å². The van der Waals surface area contributed by atoms with Gasteiger partial charge in [-0.15, -0.1) is 11.3 Å². The molecule has 20 heavy (non-hydrogen) atoms. The Morgan fingerprint density at radius 2 is 2.35 bits per heavy atom. The summed E-state index contributed by atoms with van der Waals surface area (Å²) in [7, 11) is 0. The molecule has 1 aromatic rings. The molecule has 1 aromatic heterocycles. The number of amides is 1. The van der Waals surface area contributed by atoms with Crippen LogP contribution in [0.1, 0.15) is 60.1 Å². The van der Waals surface area contributed by atoms with Gasteiger partial charge in [0.2, 0.25) is 0 Å². The zero-order valence-electron chi connectivity index (χ0n) is 12.7. The van der Waals surface area contributed by atoms with Crippen LogP contribution in [-0.4, -0.2) is 23.2 Å². The van der Waals surface area contributed by atoms with E-state index in [1.807, 2.05) is 13.8 Å². The van der Waals surface area contributed by atoms with Gasteiger partial charge in [-0.2, -0.15) is 0 Å². The van der Waals surface area contributed by atoms with E-state index in [1.54, 1.807) is 11.3 Å². The van der Waals surface area contributed by atoms with Crippen molar-refractivity contribution in [2.75, 3.05) is 6.61 Å². The second-order valence-corrected chi connectivity index (χ2v) is 7.39. The second-order valence-electron chi connectivity index (χ2n) is 6.25. The highest BCUT2D eigenvalue weighted by Gasteiger charge is 2.26. The van der Waals surface area contributed by atoms with Crippen LogP contribution in [0.2, 0.25) is 0 Å². The predicted molar refractivity (Wildman–Crippen MR) is 83.4 cm³/mol. The molecular formula is C16H25NO2S. The van der Waals surface area contributed by atoms with Gasteiger partial charge in [-0.05, 0) is 56.6 Å². The molecule has 2 unspecified atom stereocenters. The fourth-order valence-electron chi connectivity index (χ4n) is 2.73. The minimum Gasteiger partial charge on any atom is -0.396 e. The molecule has 1 amide bonds. The first kappa shape index (κ1) is 15.5. The van der Waals surface area contributed by atoms with E-state index in [9.17, 15) is 4.79 Å². The van der Waals surface area contributed by atoms with Crippen LogP contribution in [0.3, 0.4) is 0 Å². The Morgan fingerprint density at radius 1 is 1.60 bits per heavy atom. The molecule has 1 aliphatic carbocycles.